The zero-order valence-corrected chi connectivity index (χ0v) is 8.22. The molecule has 1 aliphatic heterocycles. The van der Waals surface area contributed by atoms with Crippen LogP contribution < -0.4 is 5.73 Å². The maximum atomic E-state index is 5.93. The summed E-state index contributed by atoms with van der Waals surface area (Å²) in [6.45, 7) is 0.836. The number of nitrogens with two attached hydrogens (primary N) is 1. The summed E-state index contributed by atoms with van der Waals surface area (Å²) in [5.41, 5.74) is 9.10. The number of rotatable bonds is 0. The Balaban J connectivity index is 2.25. The Morgan fingerprint density at radius 1 is 1.13 bits per heavy atom. The Kier molecular flexibility index (Phi) is 1.65. The molecule has 1 aliphatic rings. The molecular weight excluding hydrogens is 186 g/mol. The van der Waals surface area contributed by atoms with Crippen LogP contribution >= 0.6 is 0 Å². The summed E-state index contributed by atoms with van der Waals surface area (Å²) in [6, 6.07) is 12.1. The third-order valence-corrected chi connectivity index (χ3v) is 2.67. The lowest BCUT2D eigenvalue weighted by molar-refractivity contribution is 0.803. The lowest BCUT2D eigenvalue weighted by Gasteiger charge is -2.05. The standard InChI is InChI=1S/C12H11N3/c13-12-11-6-3-7-15(11)8-9-4-1-2-5-10(9)14-12/h1-7H,8H2,(H2,13,14). The van der Waals surface area contributed by atoms with Gasteiger partial charge in [0, 0.05) is 12.7 Å². The Hall–Kier alpha value is -2.03. The van der Waals surface area contributed by atoms with Crippen molar-refractivity contribution < 1.29 is 0 Å². The molecule has 15 heavy (non-hydrogen) atoms. The number of hydrogen-bond donors (Lipinski definition) is 1. The molecule has 1 aromatic heterocycles. The van der Waals surface area contributed by atoms with Crippen molar-refractivity contribution in [1.82, 2.24) is 4.57 Å². The number of nitrogens with zero attached hydrogens (tertiary/aromatic N) is 2. The van der Waals surface area contributed by atoms with Crippen LogP contribution in [0, 0.1) is 0 Å². The second kappa shape index (κ2) is 2.98. The van der Waals surface area contributed by atoms with Gasteiger partial charge in [-0.05, 0) is 23.8 Å². The largest absolute Gasteiger partial charge is 0.382 e. The van der Waals surface area contributed by atoms with Gasteiger partial charge in [-0.1, -0.05) is 18.2 Å². The lowest BCUT2D eigenvalue weighted by Crippen LogP contribution is -2.16. The summed E-state index contributed by atoms with van der Waals surface area (Å²) in [4.78, 5) is 4.43. The van der Waals surface area contributed by atoms with Gasteiger partial charge in [0.2, 0.25) is 0 Å². The topological polar surface area (TPSA) is 43.3 Å². The van der Waals surface area contributed by atoms with Crippen molar-refractivity contribution in [3.63, 3.8) is 0 Å². The summed E-state index contributed by atoms with van der Waals surface area (Å²) in [5, 5.41) is 0. The Labute approximate surface area is 87.9 Å². The van der Waals surface area contributed by atoms with Crippen molar-refractivity contribution in [3.8, 4) is 0 Å². The predicted octanol–water partition coefficient (Wildman–Crippen LogP) is 1.89. The van der Waals surface area contributed by atoms with Crippen LogP contribution in [0.1, 0.15) is 11.3 Å². The van der Waals surface area contributed by atoms with Crippen molar-refractivity contribution in [3.05, 3.63) is 53.9 Å². The number of amidine groups is 1. The zero-order valence-electron chi connectivity index (χ0n) is 8.22. The summed E-state index contributed by atoms with van der Waals surface area (Å²) in [7, 11) is 0. The molecule has 2 aromatic rings. The molecule has 3 heteroatoms. The average molecular weight is 197 g/mol. The molecule has 1 aromatic carbocycles. The molecule has 2 N–H and O–H groups in total. The van der Waals surface area contributed by atoms with Crippen LogP contribution in [0.15, 0.2) is 47.6 Å². The number of fused-ring (bicyclic) bond motifs is 2. The summed E-state index contributed by atoms with van der Waals surface area (Å²) < 4.78 is 2.12. The molecule has 3 rings (SSSR count). The van der Waals surface area contributed by atoms with E-state index in [1.54, 1.807) is 0 Å². The fraction of sp³-hybridized carbons (Fsp3) is 0.0833. The smallest absolute Gasteiger partial charge is 0.148 e. The molecule has 0 saturated carbocycles. The Morgan fingerprint density at radius 3 is 2.93 bits per heavy atom. The fourth-order valence-corrected chi connectivity index (χ4v) is 1.91. The van der Waals surface area contributed by atoms with E-state index in [0.29, 0.717) is 5.84 Å². The molecule has 0 unspecified atom stereocenters. The van der Waals surface area contributed by atoms with Crippen molar-refractivity contribution in [2.75, 3.05) is 0 Å². The number of benzene rings is 1. The van der Waals surface area contributed by atoms with Gasteiger partial charge in [0.1, 0.15) is 5.84 Å². The number of aliphatic imine (C=N–C) groups is 1. The predicted molar refractivity (Wildman–Crippen MR) is 60.4 cm³/mol. The Morgan fingerprint density at radius 2 is 2.00 bits per heavy atom. The van der Waals surface area contributed by atoms with Crippen LogP contribution in [-0.2, 0) is 6.54 Å². The second-order valence-electron chi connectivity index (χ2n) is 3.65. The molecule has 0 radical (unpaired) electrons. The van der Waals surface area contributed by atoms with E-state index in [2.05, 4.69) is 15.6 Å². The van der Waals surface area contributed by atoms with Crippen LogP contribution in [0.3, 0.4) is 0 Å². The average Bonchev–Trinajstić information content (AvgIpc) is 2.64. The van der Waals surface area contributed by atoms with Crippen LogP contribution in [0.4, 0.5) is 5.69 Å². The van der Waals surface area contributed by atoms with E-state index in [9.17, 15) is 0 Å². The summed E-state index contributed by atoms with van der Waals surface area (Å²) in [5.74, 6) is 0.588. The highest BCUT2D eigenvalue weighted by Gasteiger charge is 2.12. The highest BCUT2D eigenvalue weighted by molar-refractivity contribution is 5.98. The van der Waals surface area contributed by atoms with Gasteiger partial charge in [0.25, 0.3) is 0 Å². The van der Waals surface area contributed by atoms with E-state index in [1.807, 2.05) is 36.5 Å². The number of hydrogen-bond acceptors (Lipinski definition) is 2. The molecule has 0 spiro atoms. The van der Waals surface area contributed by atoms with Gasteiger partial charge < -0.3 is 10.3 Å². The summed E-state index contributed by atoms with van der Waals surface area (Å²) in [6.07, 6.45) is 2.03. The first-order chi connectivity index (χ1) is 7.34. The van der Waals surface area contributed by atoms with E-state index < -0.39 is 0 Å². The zero-order chi connectivity index (χ0) is 10.3. The minimum Gasteiger partial charge on any atom is -0.382 e. The molecule has 0 bridgehead atoms. The highest BCUT2D eigenvalue weighted by Crippen LogP contribution is 2.24. The van der Waals surface area contributed by atoms with Crippen LogP contribution in [0.25, 0.3) is 0 Å². The van der Waals surface area contributed by atoms with Gasteiger partial charge in [0.05, 0.1) is 11.4 Å². The van der Waals surface area contributed by atoms with Gasteiger partial charge in [-0.15, -0.1) is 0 Å². The van der Waals surface area contributed by atoms with Crippen molar-refractivity contribution in [2.45, 2.75) is 6.54 Å². The Bertz CT molecular complexity index is 537. The van der Waals surface area contributed by atoms with Crippen LogP contribution in [-0.4, -0.2) is 10.4 Å². The first kappa shape index (κ1) is 8.29. The number of para-hydroxylation sites is 1. The highest BCUT2D eigenvalue weighted by atomic mass is 15.0. The van der Waals surface area contributed by atoms with E-state index in [-0.39, 0.29) is 0 Å². The van der Waals surface area contributed by atoms with Gasteiger partial charge in [0.15, 0.2) is 0 Å². The van der Waals surface area contributed by atoms with Gasteiger partial charge >= 0.3 is 0 Å². The normalized spacial score (nSPS) is 13.7. The van der Waals surface area contributed by atoms with Gasteiger partial charge in [-0.2, -0.15) is 0 Å². The van der Waals surface area contributed by atoms with E-state index in [1.165, 1.54) is 5.56 Å². The second-order valence-corrected chi connectivity index (χ2v) is 3.65. The van der Waals surface area contributed by atoms with Gasteiger partial charge in [-0.3, -0.25) is 0 Å². The first-order valence-corrected chi connectivity index (χ1v) is 4.92. The molecule has 74 valence electrons. The molecule has 3 nitrogen and oxygen atoms in total. The van der Waals surface area contributed by atoms with E-state index in [4.69, 9.17) is 5.73 Å². The minimum absolute atomic E-state index is 0.588. The monoisotopic (exact) mass is 197 g/mol. The quantitative estimate of drug-likeness (QED) is 0.688. The molecule has 2 heterocycles. The molecular formula is C12H11N3. The third-order valence-electron chi connectivity index (χ3n) is 2.67. The molecule has 0 saturated heterocycles. The SMILES string of the molecule is NC1=Nc2ccccc2Cn2cccc21. The fourth-order valence-electron chi connectivity index (χ4n) is 1.91. The first-order valence-electron chi connectivity index (χ1n) is 4.92. The number of aromatic nitrogens is 1. The van der Waals surface area contributed by atoms with Crippen molar-refractivity contribution >= 4 is 11.5 Å². The van der Waals surface area contributed by atoms with Gasteiger partial charge in [-0.25, -0.2) is 4.99 Å². The van der Waals surface area contributed by atoms with Crippen LogP contribution in [0.2, 0.25) is 0 Å². The maximum absolute atomic E-state index is 5.93. The molecule has 0 aliphatic carbocycles. The molecule has 0 fully saturated rings. The minimum atomic E-state index is 0.588. The molecule has 0 atom stereocenters. The van der Waals surface area contributed by atoms with Crippen molar-refractivity contribution in [1.29, 1.82) is 0 Å². The van der Waals surface area contributed by atoms with Crippen molar-refractivity contribution in [2.24, 2.45) is 10.7 Å². The van der Waals surface area contributed by atoms with E-state index in [0.717, 1.165) is 17.9 Å². The lowest BCUT2D eigenvalue weighted by atomic mass is 10.2. The van der Waals surface area contributed by atoms with E-state index >= 15 is 0 Å². The van der Waals surface area contributed by atoms with Crippen LogP contribution in [0.5, 0.6) is 0 Å². The third kappa shape index (κ3) is 1.24. The summed E-state index contributed by atoms with van der Waals surface area (Å²) >= 11 is 0. The molecule has 0 amide bonds. The maximum Gasteiger partial charge on any atom is 0.148 e.